The summed E-state index contributed by atoms with van der Waals surface area (Å²) in [5.74, 6) is -0.768. The number of carbonyl (C=O) groups excluding carboxylic acids is 1. The van der Waals surface area contributed by atoms with Gasteiger partial charge in [0.05, 0.1) is 24.6 Å². The second-order valence-electron chi connectivity index (χ2n) is 5.18. The van der Waals surface area contributed by atoms with Gasteiger partial charge < -0.3 is 15.2 Å². The molecule has 0 aliphatic heterocycles. The van der Waals surface area contributed by atoms with Gasteiger partial charge in [0.2, 0.25) is 0 Å². The Morgan fingerprint density at radius 2 is 2.04 bits per heavy atom. The molecule has 0 atom stereocenters. The molecule has 122 valence electrons. The monoisotopic (exact) mass is 325 g/mol. The number of methoxy groups -OCH3 is 1. The highest BCUT2D eigenvalue weighted by Crippen LogP contribution is 2.29. The van der Waals surface area contributed by atoms with E-state index in [1.807, 2.05) is 6.07 Å². The third-order valence-electron chi connectivity index (χ3n) is 3.65. The second-order valence-corrected chi connectivity index (χ2v) is 5.18. The summed E-state index contributed by atoms with van der Waals surface area (Å²) >= 11 is 0. The van der Waals surface area contributed by atoms with Crippen molar-refractivity contribution in [3.63, 3.8) is 0 Å². The first kappa shape index (κ1) is 15.7. The van der Waals surface area contributed by atoms with E-state index in [0.29, 0.717) is 16.9 Å². The third-order valence-corrected chi connectivity index (χ3v) is 3.65. The first-order valence-electron chi connectivity index (χ1n) is 7.31. The molecular formula is C17H15N3O4. The van der Waals surface area contributed by atoms with E-state index >= 15 is 0 Å². The fourth-order valence-corrected chi connectivity index (χ4v) is 2.52. The van der Waals surface area contributed by atoms with Crippen LogP contribution in [-0.2, 0) is 9.53 Å². The van der Waals surface area contributed by atoms with Gasteiger partial charge in [-0.3, -0.25) is 9.78 Å². The Kier molecular flexibility index (Phi) is 4.24. The Morgan fingerprint density at radius 3 is 2.79 bits per heavy atom. The molecule has 7 nitrogen and oxygen atoms in total. The van der Waals surface area contributed by atoms with Crippen LogP contribution in [0.15, 0.2) is 36.7 Å². The number of pyridine rings is 2. The van der Waals surface area contributed by atoms with Crippen molar-refractivity contribution in [2.45, 2.75) is 6.42 Å². The summed E-state index contributed by atoms with van der Waals surface area (Å²) in [5, 5.41) is 14.4. The Labute approximate surface area is 137 Å². The number of benzene rings is 1. The third kappa shape index (κ3) is 2.96. The molecule has 0 saturated carbocycles. The van der Waals surface area contributed by atoms with E-state index in [0.717, 1.165) is 16.2 Å². The van der Waals surface area contributed by atoms with Crippen molar-refractivity contribution in [3.8, 4) is 0 Å². The van der Waals surface area contributed by atoms with Crippen LogP contribution < -0.4 is 5.32 Å². The summed E-state index contributed by atoms with van der Waals surface area (Å²) in [6.45, 7) is 0.252. The van der Waals surface area contributed by atoms with Crippen molar-refractivity contribution in [2.24, 2.45) is 0 Å². The number of carbonyl (C=O) groups is 2. The number of aliphatic carboxylic acids is 1. The van der Waals surface area contributed by atoms with Gasteiger partial charge in [0.25, 0.3) is 0 Å². The molecule has 0 unspecified atom stereocenters. The maximum Gasteiger partial charge on any atom is 0.337 e. The average molecular weight is 325 g/mol. The Hall–Kier alpha value is -3.22. The van der Waals surface area contributed by atoms with Crippen LogP contribution in [-0.4, -0.2) is 40.7 Å². The fourth-order valence-electron chi connectivity index (χ4n) is 2.52. The molecule has 0 aliphatic carbocycles. The maximum absolute atomic E-state index is 11.7. The SMILES string of the molecule is COC(=O)c1ccc2c(c1)nc(NCCC(=O)O)c1ccncc12. The zero-order valence-corrected chi connectivity index (χ0v) is 12.9. The molecule has 2 N–H and O–H groups in total. The topological polar surface area (TPSA) is 101 Å². The minimum absolute atomic E-state index is 0.0194. The number of nitrogens with zero attached hydrogens (tertiary/aromatic N) is 2. The molecule has 0 amide bonds. The van der Waals surface area contributed by atoms with E-state index in [2.05, 4.69) is 15.3 Å². The van der Waals surface area contributed by atoms with Crippen LogP contribution in [0.1, 0.15) is 16.8 Å². The zero-order valence-electron chi connectivity index (χ0n) is 12.9. The van der Waals surface area contributed by atoms with Gasteiger partial charge in [-0.15, -0.1) is 0 Å². The lowest BCUT2D eigenvalue weighted by molar-refractivity contribution is -0.136. The predicted octanol–water partition coefficient (Wildman–Crippen LogP) is 2.46. The van der Waals surface area contributed by atoms with E-state index in [-0.39, 0.29) is 13.0 Å². The molecule has 7 heteroatoms. The van der Waals surface area contributed by atoms with Crippen molar-refractivity contribution in [1.82, 2.24) is 9.97 Å². The summed E-state index contributed by atoms with van der Waals surface area (Å²) in [6, 6.07) is 6.95. The summed E-state index contributed by atoms with van der Waals surface area (Å²) in [5.41, 5.74) is 1.01. The van der Waals surface area contributed by atoms with Crippen molar-refractivity contribution < 1.29 is 19.4 Å². The molecule has 0 radical (unpaired) electrons. The summed E-state index contributed by atoms with van der Waals surface area (Å²) < 4.78 is 4.73. The van der Waals surface area contributed by atoms with Gasteiger partial charge in [0.15, 0.2) is 0 Å². The van der Waals surface area contributed by atoms with E-state index in [9.17, 15) is 9.59 Å². The van der Waals surface area contributed by atoms with Crippen molar-refractivity contribution in [1.29, 1.82) is 0 Å². The molecule has 2 aromatic heterocycles. The molecule has 0 saturated heterocycles. The van der Waals surface area contributed by atoms with Crippen LogP contribution >= 0.6 is 0 Å². The van der Waals surface area contributed by atoms with E-state index < -0.39 is 11.9 Å². The lowest BCUT2D eigenvalue weighted by atomic mass is 10.1. The molecular weight excluding hydrogens is 310 g/mol. The molecule has 3 rings (SSSR count). The number of carboxylic acid groups (broad SMARTS) is 1. The van der Waals surface area contributed by atoms with Crippen LogP contribution in [0.4, 0.5) is 5.82 Å². The lowest BCUT2D eigenvalue weighted by Gasteiger charge is -2.11. The largest absolute Gasteiger partial charge is 0.481 e. The Balaban J connectivity index is 2.13. The number of anilines is 1. The first-order valence-corrected chi connectivity index (χ1v) is 7.31. The minimum atomic E-state index is -0.887. The van der Waals surface area contributed by atoms with Crippen molar-refractivity contribution in [2.75, 3.05) is 19.0 Å². The second kappa shape index (κ2) is 6.49. The number of rotatable bonds is 5. The first-order chi connectivity index (χ1) is 11.6. The van der Waals surface area contributed by atoms with Crippen LogP contribution in [0.5, 0.6) is 0 Å². The Morgan fingerprint density at radius 1 is 1.21 bits per heavy atom. The number of carboxylic acids is 1. The smallest absolute Gasteiger partial charge is 0.337 e. The van der Waals surface area contributed by atoms with Gasteiger partial charge in [0.1, 0.15) is 5.82 Å². The molecule has 0 aliphatic rings. The van der Waals surface area contributed by atoms with Gasteiger partial charge in [-0.2, -0.15) is 0 Å². The normalized spacial score (nSPS) is 10.7. The van der Waals surface area contributed by atoms with E-state index in [1.54, 1.807) is 30.6 Å². The summed E-state index contributed by atoms with van der Waals surface area (Å²) in [7, 11) is 1.32. The number of fused-ring (bicyclic) bond motifs is 3. The fraction of sp³-hybridized carbons (Fsp3) is 0.176. The van der Waals surface area contributed by atoms with Gasteiger partial charge in [0, 0.05) is 35.1 Å². The molecule has 0 spiro atoms. The standard InChI is InChI=1S/C17H15N3O4/c1-24-17(23)10-2-3-11-13-9-18-6-4-12(13)16(20-14(11)8-10)19-7-5-15(21)22/h2-4,6,8-9H,5,7H2,1H3,(H,19,20)(H,21,22). The number of ether oxygens (including phenoxy) is 1. The highest BCUT2D eigenvalue weighted by Gasteiger charge is 2.12. The molecule has 24 heavy (non-hydrogen) atoms. The zero-order chi connectivity index (χ0) is 17.1. The average Bonchev–Trinajstić information content (AvgIpc) is 2.60. The summed E-state index contributed by atoms with van der Waals surface area (Å²) in [6.07, 6.45) is 3.36. The minimum Gasteiger partial charge on any atom is -0.481 e. The van der Waals surface area contributed by atoms with Crippen LogP contribution in [0, 0.1) is 0 Å². The van der Waals surface area contributed by atoms with Gasteiger partial charge >= 0.3 is 11.9 Å². The number of esters is 1. The van der Waals surface area contributed by atoms with Crippen LogP contribution in [0.2, 0.25) is 0 Å². The molecule has 0 bridgehead atoms. The number of aromatic nitrogens is 2. The van der Waals surface area contributed by atoms with Crippen molar-refractivity contribution in [3.05, 3.63) is 42.2 Å². The number of hydrogen-bond donors (Lipinski definition) is 2. The van der Waals surface area contributed by atoms with Gasteiger partial charge in [-0.1, -0.05) is 6.07 Å². The van der Waals surface area contributed by atoms with Crippen molar-refractivity contribution >= 4 is 39.4 Å². The molecule has 0 fully saturated rings. The predicted molar refractivity (Wildman–Crippen MR) is 89.1 cm³/mol. The summed E-state index contributed by atoms with van der Waals surface area (Å²) in [4.78, 5) is 31.1. The number of nitrogens with one attached hydrogen (secondary N) is 1. The Bertz CT molecular complexity index is 940. The number of hydrogen-bond acceptors (Lipinski definition) is 6. The van der Waals surface area contributed by atoms with Gasteiger partial charge in [-0.05, 0) is 18.2 Å². The lowest BCUT2D eigenvalue weighted by Crippen LogP contribution is -2.09. The van der Waals surface area contributed by atoms with Gasteiger partial charge in [-0.25, -0.2) is 9.78 Å². The highest BCUT2D eigenvalue weighted by molar-refractivity contribution is 6.10. The van der Waals surface area contributed by atoms with E-state index in [4.69, 9.17) is 9.84 Å². The van der Waals surface area contributed by atoms with Crippen LogP contribution in [0.25, 0.3) is 21.7 Å². The molecule has 3 aromatic rings. The molecule has 1 aromatic carbocycles. The van der Waals surface area contributed by atoms with E-state index in [1.165, 1.54) is 7.11 Å². The quantitative estimate of drug-likeness (QED) is 0.549. The maximum atomic E-state index is 11.7. The highest BCUT2D eigenvalue weighted by atomic mass is 16.5. The molecule has 2 heterocycles. The van der Waals surface area contributed by atoms with Crippen LogP contribution in [0.3, 0.4) is 0 Å².